The zero-order valence-corrected chi connectivity index (χ0v) is 24.8. The lowest BCUT2D eigenvalue weighted by molar-refractivity contribution is -0.117. The Morgan fingerprint density at radius 2 is 1.67 bits per heavy atom. The highest BCUT2D eigenvalue weighted by molar-refractivity contribution is 6.33. The van der Waals surface area contributed by atoms with Crippen LogP contribution in [0.2, 0.25) is 5.02 Å². The van der Waals surface area contributed by atoms with Crippen molar-refractivity contribution in [2.75, 3.05) is 51.3 Å². The molecule has 2 amide bonds. The summed E-state index contributed by atoms with van der Waals surface area (Å²) in [5.41, 5.74) is 4.14. The third-order valence-corrected chi connectivity index (χ3v) is 7.71. The fraction of sp³-hybridized carbons (Fsp3) is 0.303. The number of anilines is 1. The van der Waals surface area contributed by atoms with Gasteiger partial charge in [0.05, 0.1) is 29.5 Å². The van der Waals surface area contributed by atoms with Crippen LogP contribution in [0.1, 0.15) is 35.7 Å². The number of carbonyl (C=O) groups is 2. The van der Waals surface area contributed by atoms with E-state index in [1.54, 1.807) is 29.2 Å². The van der Waals surface area contributed by atoms with Crippen LogP contribution in [0.25, 0.3) is 16.9 Å². The number of halogens is 1. The topological polar surface area (TPSA) is 79.7 Å². The van der Waals surface area contributed by atoms with Gasteiger partial charge in [-0.25, -0.2) is 4.98 Å². The standard InChI is InChI=1S/C33H36ClN5O3/c1-24(2)25-12-14-27(15-13-25)39-22-30(26-8-4-3-5-9-26)35-33(39)36-31(40)23-38(17-16-37-18-20-42-21-19-37)32(41)28-10-6-7-11-29(28)34/h3-15,22,24H,16-21,23H2,1-2H3,(H,35,36,40). The molecule has 3 aromatic carbocycles. The number of hydrogen-bond donors (Lipinski definition) is 1. The zero-order valence-electron chi connectivity index (χ0n) is 24.0. The summed E-state index contributed by atoms with van der Waals surface area (Å²) in [6, 6.07) is 25.0. The van der Waals surface area contributed by atoms with E-state index in [0.29, 0.717) is 48.8 Å². The van der Waals surface area contributed by atoms with Gasteiger partial charge >= 0.3 is 0 Å². The summed E-state index contributed by atoms with van der Waals surface area (Å²) in [7, 11) is 0. The van der Waals surface area contributed by atoms with Crippen molar-refractivity contribution in [3.8, 4) is 16.9 Å². The Bertz CT molecular complexity index is 1500. The second kappa shape index (κ2) is 13.8. The number of aromatic nitrogens is 2. The van der Waals surface area contributed by atoms with Crippen LogP contribution >= 0.6 is 11.6 Å². The molecule has 4 aromatic rings. The second-order valence-electron chi connectivity index (χ2n) is 10.6. The molecule has 2 heterocycles. The lowest BCUT2D eigenvalue weighted by atomic mass is 10.0. The van der Waals surface area contributed by atoms with Crippen molar-refractivity contribution in [2.45, 2.75) is 19.8 Å². The van der Waals surface area contributed by atoms with Gasteiger partial charge in [-0.05, 0) is 35.7 Å². The zero-order chi connectivity index (χ0) is 29.5. The van der Waals surface area contributed by atoms with Crippen LogP contribution in [0.5, 0.6) is 0 Å². The number of morpholine rings is 1. The number of hydrogen-bond acceptors (Lipinski definition) is 5. The van der Waals surface area contributed by atoms with Gasteiger partial charge in [-0.1, -0.05) is 80.0 Å². The van der Waals surface area contributed by atoms with Crippen LogP contribution in [0.3, 0.4) is 0 Å². The highest BCUT2D eigenvalue weighted by Crippen LogP contribution is 2.26. The molecule has 1 aliphatic rings. The molecule has 0 bridgehead atoms. The van der Waals surface area contributed by atoms with Crippen LogP contribution in [0.15, 0.2) is 85.1 Å². The molecule has 0 atom stereocenters. The summed E-state index contributed by atoms with van der Waals surface area (Å²) in [5, 5.41) is 3.33. The summed E-state index contributed by atoms with van der Waals surface area (Å²) < 4.78 is 7.33. The summed E-state index contributed by atoms with van der Waals surface area (Å²) in [4.78, 5) is 35.7. The number of ether oxygens (including phenoxy) is 1. The van der Waals surface area contributed by atoms with Crippen LogP contribution < -0.4 is 5.32 Å². The minimum absolute atomic E-state index is 0.145. The maximum atomic E-state index is 13.6. The average Bonchev–Trinajstić information content (AvgIpc) is 3.43. The molecule has 9 heteroatoms. The highest BCUT2D eigenvalue weighted by atomic mass is 35.5. The Morgan fingerprint density at radius 1 is 0.976 bits per heavy atom. The summed E-state index contributed by atoms with van der Waals surface area (Å²) >= 11 is 6.37. The number of nitrogens with one attached hydrogen (secondary N) is 1. The van der Waals surface area contributed by atoms with Crippen LogP contribution in [-0.4, -0.2) is 77.1 Å². The third-order valence-electron chi connectivity index (χ3n) is 7.38. The third kappa shape index (κ3) is 7.26. The lowest BCUT2D eigenvalue weighted by Gasteiger charge is -2.30. The molecule has 1 fully saturated rings. The molecule has 0 radical (unpaired) electrons. The van der Waals surface area contributed by atoms with Crippen molar-refractivity contribution in [1.29, 1.82) is 0 Å². The van der Waals surface area contributed by atoms with Crippen LogP contribution in [0, 0.1) is 0 Å². The molecule has 0 spiro atoms. The second-order valence-corrected chi connectivity index (χ2v) is 11.0. The van der Waals surface area contributed by atoms with Gasteiger partial charge in [-0.2, -0.15) is 0 Å². The van der Waals surface area contributed by atoms with E-state index >= 15 is 0 Å². The van der Waals surface area contributed by atoms with Crippen LogP contribution in [0.4, 0.5) is 5.95 Å². The first kappa shape index (κ1) is 29.5. The van der Waals surface area contributed by atoms with Gasteiger partial charge < -0.3 is 9.64 Å². The van der Waals surface area contributed by atoms with Crippen molar-refractivity contribution < 1.29 is 14.3 Å². The minimum Gasteiger partial charge on any atom is -0.379 e. The quantitative estimate of drug-likeness (QED) is 0.257. The van der Waals surface area contributed by atoms with Gasteiger partial charge in [0.2, 0.25) is 11.9 Å². The molecule has 42 heavy (non-hydrogen) atoms. The predicted molar refractivity (Wildman–Crippen MR) is 166 cm³/mol. The molecule has 1 aliphatic heterocycles. The first-order valence-corrected chi connectivity index (χ1v) is 14.7. The molecular weight excluding hydrogens is 550 g/mol. The summed E-state index contributed by atoms with van der Waals surface area (Å²) in [5.74, 6) is 0.152. The van der Waals surface area contributed by atoms with E-state index in [0.717, 1.165) is 30.0 Å². The highest BCUT2D eigenvalue weighted by Gasteiger charge is 2.23. The predicted octanol–water partition coefficient (Wildman–Crippen LogP) is 5.73. The van der Waals surface area contributed by atoms with E-state index in [2.05, 4.69) is 36.2 Å². The first-order chi connectivity index (χ1) is 20.4. The van der Waals surface area contributed by atoms with Crippen molar-refractivity contribution >= 4 is 29.4 Å². The van der Waals surface area contributed by atoms with Gasteiger partial charge in [0.1, 0.15) is 6.54 Å². The molecule has 8 nitrogen and oxygen atoms in total. The molecule has 0 unspecified atom stereocenters. The smallest absolute Gasteiger partial charge is 0.255 e. The van der Waals surface area contributed by atoms with Gasteiger partial charge in [-0.15, -0.1) is 0 Å². The number of benzene rings is 3. The van der Waals surface area contributed by atoms with Crippen molar-refractivity contribution in [3.63, 3.8) is 0 Å². The largest absolute Gasteiger partial charge is 0.379 e. The monoisotopic (exact) mass is 585 g/mol. The van der Waals surface area contributed by atoms with Crippen molar-refractivity contribution in [1.82, 2.24) is 19.4 Å². The summed E-state index contributed by atoms with van der Waals surface area (Å²) in [6.45, 7) is 8.05. The number of nitrogens with zero attached hydrogens (tertiary/aromatic N) is 4. The molecule has 1 saturated heterocycles. The lowest BCUT2D eigenvalue weighted by Crippen LogP contribution is -2.45. The van der Waals surface area contributed by atoms with E-state index < -0.39 is 0 Å². The number of amides is 2. The Labute approximate surface area is 251 Å². The maximum Gasteiger partial charge on any atom is 0.255 e. The molecular formula is C33H36ClN5O3. The van der Waals surface area contributed by atoms with Crippen molar-refractivity contribution in [2.24, 2.45) is 0 Å². The van der Waals surface area contributed by atoms with E-state index in [4.69, 9.17) is 21.3 Å². The average molecular weight is 586 g/mol. The van der Waals surface area contributed by atoms with Crippen molar-refractivity contribution in [3.05, 3.63) is 101 Å². The summed E-state index contributed by atoms with van der Waals surface area (Å²) in [6.07, 6.45) is 1.92. The first-order valence-electron chi connectivity index (χ1n) is 14.3. The molecule has 0 saturated carbocycles. The Balaban J connectivity index is 1.40. The maximum absolute atomic E-state index is 13.6. The molecule has 5 rings (SSSR count). The fourth-order valence-electron chi connectivity index (χ4n) is 4.91. The van der Waals surface area contributed by atoms with E-state index in [1.165, 1.54) is 5.56 Å². The Hall–Kier alpha value is -3.98. The van der Waals surface area contributed by atoms with E-state index in [-0.39, 0.29) is 18.4 Å². The van der Waals surface area contributed by atoms with E-state index in [1.807, 2.05) is 53.2 Å². The fourth-order valence-corrected chi connectivity index (χ4v) is 5.13. The molecule has 1 aromatic heterocycles. The number of imidazole rings is 1. The number of carbonyl (C=O) groups excluding carboxylic acids is 2. The van der Waals surface area contributed by atoms with Gasteiger partial charge in [0.25, 0.3) is 5.91 Å². The van der Waals surface area contributed by atoms with Gasteiger partial charge in [0.15, 0.2) is 0 Å². The molecule has 1 N–H and O–H groups in total. The Morgan fingerprint density at radius 3 is 2.36 bits per heavy atom. The Kier molecular flexibility index (Phi) is 9.69. The minimum atomic E-state index is -0.345. The van der Waals surface area contributed by atoms with Crippen LogP contribution in [-0.2, 0) is 9.53 Å². The number of rotatable bonds is 10. The van der Waals surface area contributed by atoms with Gasteiger partial charge in [0, 0.05) is 43.6 Å². The SMILES string of the molecule is CC(C)c1ccc(-n2cc(-c3ccccc3)nc2NC(=O)CN(CCN2CCOCC2)C(=O)c2ccccc2Cl)cc1. The molecule has 0 aliphatic carbocycles. The molecule has 218 valence electrons. The normalized spacial score (nSPS) is 13.7. The van der Waals surface area contributed by atoms with Gasteiger partial charge in [-0.3, -0.25) is 24.4 Å². The van der Waals surface area contributed by atoms with E-state index in [9.17, 15) is 9.59 Å².